The first-order valence-electron chi connectivity index (χ1n) is 7.23. The molecule has 1 aliphatic carbocycles. The number of carbonyl (C=O) groups is 1. The van der Waals surface area contributed by atoms with Crippen molar-refractivity contribution >= 4 is 5.91 Å². The van der Waals surface area contributed by atoms with Crippen LogP contribution in [0.2, 0.25) is 0 Å². The molecule has 0 heterocycles. The number of nitrogens with two attached hydrogens (primary N) is 1. The van der Waals surface area contributed by atoms with Gasteiger partial charge in [0.25, 0.3) is 5.91 Å². The summed E-state index contributed by atoms with van der Waals surface area (Å²) >= 11 is 0. The van der Waals surface area contributed by atoms with Gasteiger partial charge in [0.2, 0.25) is 0 Å². The minimum Gasteiger partial charge on any atom is -0.376 e. The lowest BCUT2D eigenvalue weighted by Gasteiger charge is -2.40. The Bertz CT molecular complexity index is 575. The molecule has 0 saturated heterocycles. The first-order chi connectivity index (χ1) is 10.1. The molecule has 0 spiro atoms. The van der Waals surface area contributed by atoms with Crippen LogP contribution in [0.25, 0.3) is 0 Å². The van der Waals surface area contributed by atoms with E-state index in [0.717, 1.165) is 30.4 Å². The number of ether oxygens (including phenoxy) is 1. The lowest BCUT2D eigenvalue weighted by atomic mass is 9.80. The Morgan fingerprint density at radius 2 is 2.24 bits per heavy atom. The van der Waals surface area contributed by atoms with Crippen LogP contribution in [0.15, 0.2) is 18.2 Å². The second-order valence-electron chi connectivity index (χ2n) is 5.46. The van der Waals surface area contributed by atoms with Gasteiger partial charge in [-0.2, -0.15) is 0 Å². The molecule has 4 nitrogen and oxygen atoms in total. The lowest BCUT2D eigenvalue weighted by molar-refractivity contribution is -0.0679. The Balaban J connectivity index is 2.01. The number of nitrogens with one attached hydrogen (secondary N) is 1. The fourth-order valence-corrected chi connectivity index (χ4v) is 2.46. The molecule has 1 saturated carbocycles. The van der Waals surface area contributed by atoms with Gasteiger partial charge in [-0.05, 0) is 49.9 Å². The van der Waals surface area contributed by atoms with E-state index in [1.54, 1.807) is 13.2 Å². The highest BCUT2D eigenvalue weighted by molar-refractivity contribution is 5.94. The third-order valence-corrected chi connectivity index (χ3v) is 4.08. The van der Waals surface area contributed by atoms with E-state index >= 15 is 0 Å². The quantitative estimate of drug-likeness (QED) is 0.826. The number of aryl methyl sites for hydroxylation is 1. The Morgan fingerprint density at radius 1 is 1.48 bits per heavy atom. The number of amides is 1. The van der Waals surface area contributed by atoms with Gasteiger partial charge in [0.15, 0.2) is 0 Å². The fraction of sp³-hybridized carbons (Fsp3) is 0.471. The van der Waals surface area contributed by atoms with Crippen molar-refractivity contribution in [1.29, 1.82) is 0 Å². The topological polar surface area (TPSA) is 64.3 Å². The van der Waals surface area contributed by atoms with Crippen LogP contribution in [0.3, 0.4) is 0 Å². The SMILES string of the molecule is COC1(CNC(=O)c2ccc(C#CCN)c(C)c2)CCC1. The van der Waals surface area contributed by atoms with E-state index < -0.39 is 0 Å². The smallest absolute Gasteiger partial charge is 0.251 e. The summed E-state index contributed by atoms with van der Waals surface area (Å²) in [6.07, 6.45) is 3.18. The van der Waals surface area contributed by atoms with Crippen molar-refractivity contribution in [3.8, 4) is 11.8 Å². The summed E-state index contributed by atoms with van der Waals surface area (Å²) in [4.78, 5) is 12.2. The monoisotopic (exact) mass is 286 g/mol. The predicted molar refractivity (Wildman–Crippen MR) is 83.0 cm³/mol. The maximum absolute atomic E-state index is 12.2. The molecule has 0 radical (unpaired) electrons. The van der Waals surface area contributed by atoms with Gasteiger partial charge in [0.1, 0.15) is 0 Å². The molecule has 1 aromatic carbocycles. The van der Waals surface area contributed by atoms with E-state index in [1.807, 2.05) is 19.1 Å². The van der Waals surface area contributed by atoms with Crippen molar-refractivity contribution < 1.29 is 9.53 Å². The third-order valence-electron chi connectivity index (χ3n) is 4.08. The molecule has 112 valence electrons. The third kappa shape index (κ3) is 3.63. The van der Waals surface area contributed by atoms with Gasteiger partial charge in [-0.1, -0.05) is 11.8 Å². The molecule has 4 heteroatoms. The van der Waals surface area contributed by atoms with E-state index in [1.165, 1.54) is 0 Å². The van der Waals surface area contributed by atoms with E-state index in [4.69, 9.17) is 10.5 Å². The van der Waals surface area contributed by atoms with Gasteiger partial charge in [-0.3, -0.25) is 4.79 Å². The lowest BCUT2D eigenvalue weighted by Crippen LogP contribution is -2.49. The molecule has 0 aromatic heterocycles. The molecular formula is C17H22N2O2. The molecular weight excluding hydrogens is 264 g/mol. The second-order valence-corrected chi connectivity index (χ2v) is 5.46. The van der Waals surface area contributed by atoms with Crippen molar-refractivity contribution in [1.82, 2.24) is 5.32 Å². The van der Waals surface area contributed by atoms with Crippen molar-refractivity contribution in [3.63, 3.8) is 0 Å². The number of rotatable bonds is 4. The van der Waals surface area contributed by atoms with Gasteiger partial charge >= 0.3 is 0 Å². The number of benzene rings is 1. The number of hydrogen-bond acceptors (Lipinski definition) is 3. The maximum atomic E-state index is 12.2. The molecule has 0 aliphatic heterocycles. The highest BCUT2D eigenvalue weighted by Gasteiger charge is 2.37. The molecule has 1 fully saturated rings. The van der Waals surface area contributed by atoms with Crippen LogP contribution < -0.4 is 11.1 Å². The van der Waals surface area contributed by atoms with Gasteiger partial charge in [0, 0.05) is 24.8 Å². The van der Waals surface area contributed by atoms with Gasteiger partial charge in [0.05, 0.1) is 12.1 Å². The normalized spacial score (nSPS) is 15.6. The van der Waals surface area contributed by atoms with Gasteiger partial charge < -0.3 is 15.8 Å². The van der Waals surface area contributed by atoms with Crippen LogP contribution in [0.4, 0.5) is 0 Å². The van der Waals surface area contributed by atoms with Gasteiger partial charge in [-0.15, -0.1) is 0 Å². The summed E-state index contributed by atoms with van der Waals surface area (Å²) in [5.41, 5.74) is 7.75. The van der Waals surface area contributed by atoms with Crippen LogP contribution in [-0.2, 0) is 4.74 Å². The predicted octanol–water partition coefficient (Wildman–Crippen LogP) is 1.60. The molecule has 0 atom stereocenters. The summed E-state index contributed by atoms with van der Waals surface area (Å²) in [5.74, 6) is 5.75. The van der Waals surface area contributed by atoms with E-state index in [-0.39, 0.29) is 11.5 Å². The average molecular weight is 286 g/mol. The zero-order chi connectivity index (χ0) is 15.3. The summed E-state index contributed by atoms with van der Waals surface area (Å²) in [5, 5.41) is 2.96. The van der Waals surface area contributed by atoms with Crippen LogP contribution >= 0.6 is 0 Å². The van der Waals surface area contributed by atoms with Crippen molar-refractivity contribution in [2.45, 2.75) is 31.8 Å². The Labute approximate surface area is 126 Å². The first-order valence-corrected chi connectivity index (χ1v) is 7.23. The van der Waals surface area contributed by atoms with Crippen molar-refractivity contribution in [2.75, 3.05) is 20.2 Å². The summed E-state index contributed by atoms with van der Waals surface area (Å²) in [6, 6.07) is 5.52. The van der Waals surface area contributed by atoms with E-state index in [2.05, 4.69) is 17.2 Å². The Morgan fingerprint density at radius 3 is 2.76 bits per heavy atom. The van der Waals surface area contributed by atoms with Gasteiger partial charge in [-0.25, -0.2) is 0 Å². The standard InChI is InChI=1S/C17H22N2O2/c1-13-11-15(7-6-14(13)5-3-10-18)16(20)19-12-17(21-2)8-4-9-17/h6-7,11H,4,8-10,12,18H2,1-2H3,(H,19,20). The molecule has 1 amide bonds. The van der Waals surface area contributed by atoms with E-state index in [9.17, 15) is 4.79 Å². The average Bonchev–Trinajstić information content (AvgIpc) is 2.45. The Kier molecular flexibility index (Phi) is 5.00. The molecule has 2 rings (SSSR count). The number of hydrogen-bond donors (Lipinski definition) is 2. The minimum absolute atomic E-state index is 0.0697. The number of carbonyl (C=O) groups excluding carboxylic acids is 1. The molecule has 1 aliphatic rings. The summed E-state index contributed by atoms with van der Waals surface area (Å²) < 4.78 is 5.50. The van der Waals surface area contributed by atoms with Crippen molar-refractivity contribution in [2.24, 2.45) is 5.73 Å². The fourth-order valence-electron chi connectivity index (χ4n) is 2.46. The highest BCUT2D eigenvalue weighted by Crippen LogP contribution is 2.34. The maximum Gasteiger partial charge on any atom is 0.251 e. The molecule has 21 heavy (non-hydrogen) atoms. The van der Waals surface area contributed by atoms with Crippen LogP contribution in [-0.4, -0.2) is 31.7 Å². The molecule has 1 aromatic rings. The highest BCUT2D eigenvalue weighted by atomic mass is 16.5. The largest absolute Gasteiger partial charge is 0.376 e. The minimum atomic E-state index is -0.156. The van der Waals surface area contributed by atoms with Crippen LogP contribution in [0, 0.1) is 18.8 Å². The number of methoxy groups -OCH3 is 1. The molecule has 0 unspecified atom stereocenters. The summed E-state index contributed by atoms with van der Waals surface area (Å²) in [6.45, 7) is 2.84. The summed E-state index contributed by atoms with van der Waals surface area (Å²) in [7, 11) is 1.71. The first kappa shape index (κ1) is 15.6. The molecule has 3 N–H and O–H groups in total. The Hall–Kier alpha value is -1.83. The zero-order valence-electron chi connectivity index (χ0n) is 12.7. The van der Waals surface area contributed by atoms with E-state index in [0.29, 0.717) is 18.7 Å². The van der Waals surface area contributed by atoms with Crippen LogP contribution in [0.1, 0.15) is 40.7 Å². The van der Waals surface area contributed by atoms with Crippen molar-refractivity contribution in [3.05, 3.63) is 34.9 Å². The second kappa shape index (κ2) is 6.75. The molecule has 0 bridgehead atoms. The zero-order valence-corrected chi connectivity index (χ0v) is 12.7. The van der Waals surface area contributed by atoms with Crippen LogP contribution in [0.5, 0.6) is 0 Å².